The highest BCUT2D eigenvalue weighted by molar-refractivity contribution is 5.71. The summed E-state index contributed by atoms with van der Waals surface area (Å²) in [5.74, 6) is 1.09. The normalized spacial score (nSPS) is 19.9. The van der Waals surface area contributed by atoms with Gasteiger partial charge in [0.1, 0.15) is 5.60 Å². The van der Waals surface area contributed by atoms with Crippen molar-refractivity contribution in [1.29, 1.82) is 0 Å². The molecule has 3 rings (SSSR count). The number of carbonyl (C=O) groups excluding carboxylic acids is 1. The summed E-state index contributed by atoms with van der Waals surface area (Å²) >= 11 is 0. The Balaban J connectivity index is 1.96. The van der Waals surface area contributed by atoms with Gasteiger partial charge in [0.2, 0.25) is 0 Å². The molecular formula is C16H20O3. The van der Waals surface area contributed by atoms with Crippen molar-refractivity contribution >= 4 is 5.97 Å². The van der Waals surface area contributed by atoms with E-state index in [-0.39, 0.29) is 11.6 Å². The summed E-state index contributed by atoms with van der Waals surface area (Å²) in [5, 5.41) is 0. The van der Waals surface area contributed by atoms with E-state index in [2.05, 4.69) is 6.92 Å². The fourth-order valence-electron chi connectivity index (χ4n) is 3.32. The van der Waals surface area contributed by atoms with Crippen LogP contribution in [0.5, 0.6) is 11.5 Å². The van der Waals surface area contributed by atoms with Crippen LogP contribution in [0.4, 0.5) is 0 Å². The first-order valence-electron chi connectivity index (χ1n) is 7.10. The van der Waals surface area contributed by atoms with Crippen LogP contribution in [0.1, 0.15) is 50.2 Å². The number of hydrogen-bond acceptors (Lipinski definition) is 3. The molecule has 0 amide bonds. The van der Waals surface area contributed by atoms with Crippen LogP contribution in [-0.4, -0.2) is 11.6 Å². The fourth-order valence-corrected chi connectivity index (χ4v) is 3.32. The van der Waals surface area contributed by atoms with Crippen LogP contribution in [0.3, 0.4) is 0 Å². The van der Waals surface area contributed by atoms with Crippen LogP contribution in [0.25, 0.3) is 0 Å². The third-order valence-electron chi connectivity index (χ3n) is 4.29. The molecule has 1 heterocycles. The van der Waals surface area contributed by atoms with E-state index < -0.39 is 0 Å². The van der Waals surface area contributed by atoms with Gasteiger partial charge in [-0.2, -0.15) is 0 Å². The van der Waals surface area contributed by atoms with Crippen molar-refractivity contribution in [3.8, 4) is 11.5 Å². The van der Waals surface area contributed by atoms with Crippen molar-refractivity contribution in [3.05, 3.63) is 23.3 Å². The van der Waals surface area contributed by atoms with E-state index in [9.17, 15) is 4.79 Å². The molecule has 0 atom stereocenters. The zero-order valence-corrected chi connectivity index (χ0v) is 11.6. The maximum absolute atomic E-state index is 11.2. The summed E-state index contributed by atoms with van der Waals surface area (Å²) in [4.78, 5) is 11.2. The SMILES string of the molecule is CC(=O)Oc1ccc(C)c2c1OC1(CCCCC1)C2. The van der Waals surface area contributed by atoms with Gasteiger partial charge in [-0.15, -0.1) is 0 Å². The smallest absolute Gasteiger partial charge is 0.308 e. The van der Waals surface area contributed by atoms with Crippen LogP contribution in [0, 0.1) is 6.92 Å². The number of hydrogen-bond donors (Lipinski definition) is 0. The van der Waals surface area contributed by atoms with Crippen LogP contribution >= 0.6 is 0 Å². The lowest BCUT2D eigenvalue weighted by molar-refractivity contribution is -0.132. The Kier molecular flexibility index (Phi) is 3.00. The summed E-state index contributed by atoms with van der Waals surface area (Å²) in [6, 6.07) is 3.86. The molecule has 0 aromatic heterocycles. The Hall–Kier alpha value is -1.51. The predicted octanol–water partition coefficient (Wildman–Crippen LogP) is 3.56. The molecule has 1 fully saturated rings. The number of rotatable bonds is 1. The number of carbonyl (C=O) groups is 1. The predicted molar refractivity (Wildman–Crippen MR) is 72.6 cm³/mol. The molecule has 102 valence electrons. The van der Waals surface area contributed by atoms with Gasteiger partial charge in [-0.25, -0.2) is 0 Å². The highest BCUT2D eigenvalue weighted by Gasteiger charge is 2.42. The minimum atomic E-state index is -0.292. The van der Waals surface area contributed by atoms with E-state index in [1.54, 1.807) is 0 Å². The number of esters is 1. The molecular weight excluding hydrogens is 240 g/mol. The van der Waals surface area contributed by atoms with Gasteiger partial charge in [-0.05, 0) is 44.2 Å². The van der Waals surface area contributed by atoms with Crippen LogP contribution in [-0.2, 0) is 11.2 Å². The first-order chi connectivity index (χ1) is 9.10. The summed E-state index contributed by atoms with van der Waals surface area (Å²) < 4.78 is 11.6. The van der Waals surface area contributed by atoms with Crippen molar-refractivity contribution in [2.24, 2.45) is 0 Å². The molecule has 3 nitrogen and oxygen atoms in total. The van der Waals surface area contributed by atoms with E-state index in [1.807, 2.05) is 12.1 Å². The Bertz CT molecular complexity index is 513. The second-order valence-corrected chi connectivity index (χ2v) is 5.80. The molecule has 19 heavy (non-hydrogen) atoms. The van der Waals surface area contributed by atoms with Gasteiger partial charge in [-0.3, -0.25) is 4.79 Å². The molecule has 0 N–H and O–H groups in total. The summed E-state index contributed by atoms with van der Waals surface area (Å²) in [6.07, 6.45) is 6.95. The van der Waals surface area contributed by atoms with Gasteiger partial charge >= 0.3 is 5.97 Å². The molecule has 1 aliphatic carbocycles. The average Bonchev–Trinajstić information content (AvgIpc) is 2.74. The van der Waals surface area contributed by atoms with Crippen LogP contribution in [0.15, 0.2) is 12.1 Å². The molecule has 1 spiro atoms. The largest absolute Gasteiger partial charge is 0.483 e. The van der Waals surface area contributed by atoms with Crippen molar-refractivity contribution in [1.82, 2.24) is 0 Å². The Morgan fingerprint density at radius 2 is 2.00 bits per heavy atom. The third kappa shape index (κ3) is 2.22. The molecule has 1 saturated carbocycles. The monoisotopic (exact) mass is 260 g/mol. The number of ether oxygens (including phenoxy) is 2. The number of aryl methyl sites for hydroxylation is 1. The molecule has 3 heteroatoms. The summed E-state index contributed by atoms with van der Waals surface area (Å²) in [6.45, 7) is 3.53. The summed E-state index contributed by atoms with van der Waals surface area (Å²) in [5.41, 5.74) is 2.41. The lowest BCUT2D eigenvalue weighted by atomic mass is 9.81. The van der Waals surface area contributed by atoms with Crippen molar-refractivity contribution in [3.63, 3.8) is 0 Å². The molecule has 0 radical (unpaired) electrons. The minimum absolute atomic E-state index is 0.0401. The topological polar surface area (TPSA) is 35.5 Å². The lowest BCUT2D eigenvalue weighted by Gasteiger charge is -2.32. The van der Waals surface area contributed by atoms with E-state index >= 15 is 0 Å². The fraction of sp³-hybridized carbons (Fsp3) is 0.562. The lowest BCUT2D eigenvalue weighted by Crippen LogP contribution is -2.36. The van der Waals surface area contributed by atoms with E-state index in [0.29, 0.717) is 5.75 Å². The van der Waals surface area contributed by atoms with Gasteiger partial charge in [-0.1, -0.05) is 12.5 Å². The standard InChI is InChI=1S/C16H20O3/c1-11-6-7-14(18-12(2)17)15-13(11)10-16(19-15)8-4-3-5-9-16/h6-7H,3-5,8-10H2,1-2H3. The highest BCUT2D eigenvalue weighted by Crippen LogP contribution is 2.48. The maximum Gasteiger partial charge on any atom is 0.308 e. The highest BCUT2D eigenvalue weighted by atomic mass is 16.6. The van der Waals surface area contributed by atoms with Gasteiger partial charge in [0.25, 0.3) is 0 Å². The molecule has 1 aliphatic heterocycles. The molecule has 0 bridgehead atoms. The van der Waals surface area contributed by atoms with Gasteiger partial charge < -0.3 is 9.47 Å². The zero-order valence-electron chi connectivity index (χ0n) is 11.6. The van der Waals surface area contributed by atoms with Gasteiger partial charge in [0.05, 0.1) is 0 Å². The average molecular weight is 260 g/mol. The Morgan fingerprint density at radius 3 is 2.68 bits per heavy atom. The van der Waals surface area contributed by atoms with Crippen molar-refractivity contribution in [2.75, 3.05) is 0 Å². The number of benzene rings is 1. The first kappa shape index (κ1) is 12.5. The maximum atomic E-state index is 11.2. The first-order valence-corrected chi connectivity index (χ1v) is 7.10. The van der Waals surface area contributed by atoms with E-state index in [1.165, 1.54) is 37.3 Å². The molecule has 0 unspecified atom stereocenters. The Labute approximate surface area is 113 Å². The zero-order chi connectivity index (χ0) is 13.5. The van der Waals surface area contributed by atoms with Crippen molar-refractivity contribution < 1.29 is 14.3 Å². The van der Waals surface area contributed by atoms with E-state index in [0.717, 1.165) is 25.0 Å². The van der Waals surface area contributed by atoms with Crippen LogP contribution < -0.4 is 9.47 Å². The molecule has 1 aromatic carbocycles. The summed E-state index contributed by atoms with van der Waals surface area (Å²) in [7, 11) is 0. The van der Waals surface area contributed by atoms with E-state index in [4.69, 9.17) is 9.47 Å². The van der Waals surface area contributed by atoms with Crippen molar-refractivity contribution in [2.45, 2.75) is 58.0 Å². The second-order valence-electron chi connectivity index (χ2n) is 5.80. The number of fused-ring (bicyclic) bond motifs is 1. The quantitative estimate of drug-likeness (QED) is 0.572. The molecule has 1 aromatic rings. The van der Waals surface area contributed by atoms with Gasteiger partial charge in [0, 0.05) is 18.9 Å². The Morgan fingerprint density at radius 1 is 1.26 bits per heavy atom. The van der Waals surface area contributed by atoms with Gasteiger partial charge in [0.15, 0.2) is 11.5 Å². The third-order valence-corrected chi connectivity index (χ3v) is 4.29. The second kappa shape index (κ2) is 4.55. The minimum Gasteiger partial charge on any atom is -0.483 e. The molecule has 0 saturated heterocycles. The van der Waals surface area contributed by atoms with Crippen LogP contribution in [0.2, 0.25) is 0 Å². The molecule has 2 aliphatic rings.